The standard InChI is InChI=1S/C20H17FN2O4S/c1-26-15-8-6-13(7-9-15)20-23-14(12-28-20)11-27-18(24)10-22-19(25)16-4-2-3-5-17(16)21/h2-9,12H,10-11H2,1H3,(H,22,25). The van der Waals surface area contributed by atoms with Crippen molar-refractivity contribution in [3.63, 3.8) is 0 Å². The number of hydrogen-bond acceptors (Lipinski definition) is 6. The maximum atomic E-state index is 13.5. The van der Waals surface area contributed by atoms with E-state index in [1.54, 1.807) is 18.6 Å². The maximum absolute atomic E-state index is 13.5. The molecule has 2 aromatic carbocycles. The predicted molar refractivity (Wildman–Crippen MR) is 103 cm³/mol. The monoisotopic (exact) mass is 400 g/mol. The summed E-state index contributed by atoms with van der Waals surface area (Å²) in [5, 5.41) is 4.92. The number of ether oxygens (including phenoxy) is 2. The zero-order valence-electron chi connectivity index (χ0n) is 15.0. The summed E-state index contributed by atoms with van der Waals surface area (Å²) < 4.78 is 23.8. The second kappa shape index (κ2) is 9.09. The number of aromatic nitrogens is 1. The topological polar surface area (TPSA) is 77.5 Å². The molecule has 8 heteroatoms. The number of rotatable bonds is 7. The normalized spacial score (nSPS) is 10.4. The molecule has 0 fully saturated rings. The lowest BCUT2D eigenvalue weighted by molar-refractivity contribution is -0.143. The summed E-state index contributed by atoms with van der Waals surface area (Å²) in [5.74, 6) is -1.21. The molecule has 0 atom stereocenters. The van der Waals surface area contributed by atoms with Crippen LogP contribution in [-0.2, 0) is 16.1 Å². The first-order valence-electron chi connectivity index (χ1n) is 8.34. The fraction of sp³-hybridized carbons (Fsp3) is 0.150. The van der Waals surface area contributed by atoms with Crippen LogP contribution in [0.3, 0.4) is 0 Å². The van der Waals surface area contributed by atoms with Crippen molar-refractivity contribution in [1.29, 1.82) is 0 Å². The Balaban J connectivity index is 1.49. The van der Waals surface area contributed by atoms with Gasteiger partial charge in [-0.25, -0.2) is 9.37 Å². The first-order chi connectivity index (χ1) is 13.6. The SMILES string of the molecule is COc1ccc(-c2nc(COC(=O)CNC(=O)c3ccccc3F)cs2)cc1. The van der Waals surface area contributed by atoms with Crippen LogP contribution >= 0.6 is 11.3 Å². The van der Waals surface area contributed by atoms with Gasteiger partial charge in [0.15, 0.2) is 0 Å². The number of nitrogens with zero attached hydrogens (tertiary/aromatic N) is 1. The van der Waals surface area contributed by atoms with E-state index in [-0.39, 0.29) is 18.7 Å². The van der Waals surface area contributed by atoms with E-state index < -0.39 is 17.7 Å². The predicted octanol–water partition coefficient (Wildman–Crippen LogP) is 3.43. The minimum atomic E-state index is -0.675. The summed E-state index contributed by atoms with van der Waals surface area (Å²) in [6, 6.07) is 13.0. The van der Waals surface area contributed by atoms with Gasteiger partial charge in [0.05, 0.1) is 18.4 Å². The number of halogens is 1. The third-order valence-corrected chi connectivity index (χ3v) is 4.72. The van der Waals surface area contributed by atoms with Crippen molar-refractivity contribution in [3.05, 3.63) is 71.0 Å². The molecule has 0 spiro atoms. The van der Waals surface area contributed by atoms with Crippen molar-refractivity contribution in [2.45, 2.75) is 6.61 Å². The average Bonchev–Trinajstić information content (AvgIpc) is 3.20. The van der Waals surface area contributed by atoms with Gasteiger partial charge in [0, 0.05) is 10.9 Å². The number of amides is 1. The number of carbonyl (C=O) groups excluding carboxylic acids is 2. The van der Waals surface area contributed by atoms with Crippen LogP contribution in [0.15, 0.2) is 53.9 Å². The van der Waals surface area contributed by atoms with E-state index in [9.17, 15) is 14.0 Å². The molecule has 1 heterocycles. The van der Waals surface area contributed by atoms with Gasteiger partial charge in [0.1, 0.15) is 29.7 Å². The molecule has 0 saturated carbocycles. The minimum Gasteiger partial charge on any atom is -0.497 e. The molecule has 1 N–H and O–H groups in total. The largest absolute Gasteiger partial charge is 0.497 e. The third-order valence-electron chi connectivity index (χ3n) is 3.78. The quantitative estimate of drug-likeness (QED) is 0.615. The zero-order valence-corrected chi connectivity index (χ0v) is 15.8. The summed E-state index contributed by atoms with van der Waals surface area (Å²) in [4.78, 5) is 28.1. The molecular weight excluding hydrogens is 383 g/mol. The van der Waals surface area contributed by atoms with Gasteiger partial charge in [-0.2, -0.15) is 0 Å². The molecular formula is C20H17FN2O4S. The van der Waals surface area contributed by atoms with Crippen LogP contribution in [0.25, 0.3) is 10.6 Å². The number of hydrogen-bond donors (Lipinski definition) is 1. The molecule has 1 amide bonds. The Kier molecular flexibility index (Phi) is 6.33. The van der Waals surface area contributed by atoms with Gasteiger partial charge in [0.25, 0.3) is 5.91 Å². The van der Waals surface area contributed by atoms with E-state index in [4.69, 9.17) is 9.47 Å². The van der Waals surface area contributed by atoms with Crippen LogP contribution in [0, 0.1) is 5.82 Å². The lowest BCUT2D eigenvalue weighted by Gasteiger charge is -2.06. The molecule has 0 aliphatic rings. The highest BCUT2D eigenvalue weighted by Gasteiger charge is 2.13. The molecule has 28 heavy (non-hydrogen) atoms. The number of thiazole rings is 1. The van der Waals surface area contributed by atoms with E-state index >= 15 is 0 Å². The first kappa shape index (κ1) is 19.5. The number of esters is 1. The molecule has 6 nitrogen and oxygen atoms in total. The van der Waals surface area contributed by atoms with E-state index in [2.05, 4.69) is 10.3 Å². The minimum absolute atomic E-state index is 0.0128. The van der Waals surface area contributed by atoms with Crippen molar-refractivity contribution in [1.82, 2.24) is 10.3 Å². The van der Waals surface area contributed by atoms with Crippen molar-refractivity contribution in [3.8, 4) is 16.3 Å². The highest BCUT2D eigenvalue weighted by Crippen LogP contribution is 2.25. The van der Waals surface area contributed by atoms with Crippen LogP contribution in [-0.4, -0.2) is 30.5 Å². The number of nitrogens with one attached hydrogen (secondary N) is 1. The summed E-state index contributed by atoms with van der Waals surface area (Å²) in [6.07, 6.45) is 0. The maximum Gasteiger partial charge on any atom is 0.325 e. The van der Waals surface area contributed by atoms with Gasteiger partial charge in [-0.15, -0.1) is 11.3 Å². The van der Waals surface area contributed by atoms with Crippen molar-refractivity contribution >= 4 is 23.2 Å². The number of benzene rings is 2. The highest BCUT2D eigenvalue weighted by molar-refractivity contribution is 7.13. The Bertz CT molecular complexity index is 972. The number of carbonyl (C=O) groups is 2. The fourth-order valence-corrected chi connectivity index (χ4v) is 3.15. The first-order valence-corrected chi connectivity index (χ1v) is 9.22. The van der Waals surface area contributed by atoms with Gasteiger partial charge in [0.2, 0.25) is 0 Å². The van der Waals surface area contributed by atoms with E-state index in [1.807, 2.05) is 24.3 Å². The Morgan fingerprint density at radius 2 is 1.89 bits per heavy atom. The molecule has 3 rings (SSSR count). The molecule has 0 radical (unpaired) electrons. The van der Waals surface area contributed by atoms with Gasteiger partial charge in [-0.05, 0) is 36.4 Å². The second-order valence-corrected chi connectivity index (χ2v) is 6.55. The lowest BCUT2D eigenvalue weighted by atomic mass is 10.2. The van der Waals surface area contributed by atoms with Crippen LogP contribution in [0.4, 0.5) is 4.39 Å². The molecule has 0 aliphatic heterocycles. The van der Waals surface area contributed by atoms with Crippen LogP contribution in [0.2, 0.25) is 0 Å². The van der Waals surface area contributed by atoms with Gasteiger partial charge in [-0.3, -0.25) is 9.59 Å². The smallest absolute Gasteiger partial charge is 0.325 e. The van der Waals surface area contributed by atoms with Crippen molar-refractivity contribution in [2.75, 3.05) is 13.7 Å². The summed E-state index contributed by atoms with van der Waals surface area (Å²) in [7, 11) is 1.60. The molecule has 144 valence electrons. The van der Waals surface area contributed by atoms with Crippen molar-refractivity contribution in [2.24, 2.45) is 0 Å². The summed E-state index contributed by atoms with van der Waals surface area (Å²) in [5.41, 5.74) is 1.41. The van der Waals surface area contributed by atoms with E-state index in [0.29, 0.717) is 5.69 Å². The van der Waals surface area contributed by atoms with Gasteiger partial charge < -0.3 is 14.8 Å². The highest BCUT2D eigenvalue weighted by atomic mass is 32.1. The van der Waals surface area contributed by atoms with E-state index in [0.717, 1.165) is 16.3 Å². The Hall–Kier alpha value is -3.26. The zero-order chi connectivity index (χ0) is 19.9. The molecule has 0 saturated heterocycles. The summed E-state index contributed by atoms with van der Waals surface area (Å²) >= 11 is 1.43. The Labute approximate surface area is 164 Å². The van der Waals surface area contributed by atoms with Crippen LogP contribution in [0.5, 0.6) is 5.75 Å². The molecule has 1 aromatic heterocycles. The fourth-order valence-electron chi connectivity index (χ4n) is 2.34. The Morgan fingerprint density at radius 3 is 2.61 bits per heavy atom. The van der Waals surface area contributed by atoms with Crippen LogP contribution in [0.1, 0.15) is 16.1 Å². The average molecular weight is 400 g/mol. The second-order valence-electron chi connectivity index (χ2n) is 5.70. The summed E-state index contributed by atoms with van der Waals surface area (Å²) in [6.45, 7) is -0.371. The molecule has 0 unspecified atom stereocenters. The van der Waals surface area contributed by atoms with Gasteiger partial charge >= 0.3 is 5.97 Å². The van der Waals surface area contributed by atoms with E-state index in [1.165, 1.54) is 29.5 Å². The third kappa shape index (κ3) is 4.92. The lowest BCUT2D eigenvalue weighted by Crippen LogP contribution is -2.31. The van der Waals surface area contributed by atoms with Crippen LogP contribution < -0.4 is 10.1 Å². The number of methoxy groups -OCH3 is 1. The molecule has 0 bridgehead atoms. The van der Waals surface area contributed by atoms with Crippen molar-refractivity contribution < 1.29 is 23.5 Å². The Morgan fingerprint density at radius 1 is 1.14 bits per heavy atom. The molecule has 3 aromatic rings. The van der Waals surface area contributed by atoms with Gasteiger partial charge in [-0.1, -0.05) is 12.1 Å². The molecule has 0 aliphatic carbocycles.